The molecular weight excluding hydrogens is 626 g/mol. The fraction of sp³-hybridized carbons (Fsp3) is 0.784. The standard InChI is InChI=1S/C37H61N5O7/c1-10-19-38-32(45)29(43)26(21-24-14-15-24)39-31(44)28-25(22(2)3)16-20-42(28)34(47)27(23(4)5)40-33(46)30(37(9)17-12-11-13-18-37)41-35(48)49-36(6,7)8/h10,22-28,30H,1,11-21H2,2-9H3,(H,38,45)(H,39,44)(H,40,46)(H,41,48)/t25-,26?,27+,28+,30-/m1/s1. The summed E-state index contributed by atoms with van der Waals surface area (Å²) in [6.07, 6.45) is 7.91. The van der Waals surface area contributed by atoms with E-state index >= 15 is 0 Å². The van der Waals surface area contributed by atoms with Gasteiger partial charge in [0.1, 0.15) is 23.7 Å². The number of hydrogen-bond donors (Lipinski definition) is 4. The van der Waals surface area contributed by atoms with Crippen LogP contribution in [0.5, 0.6) is 0 Å². The summed E-state index contributed by atoms with van der Waals surface area (Å²) < 4.78 is 5.52. The van der Waals surface area contributed by atoms with Crippen LogP contribution in [0.4, 0.5) is 4.79 Å². The van der Waals surface area contributed by atoms with Crippen LogP contribution >= 0.6 is 0 Å². The van der Waals surface area contributed by atoms with Crippen molar-refractivity contribution in [2.45, 2.75) is 143 Å². The maximum Gasteiger partial charge on any atom is 0.408 e. The van der Waals surface area contributed by atoms with E-state index in [4.69, 9.17) is 4.74 Å². The lowest BCUT2D eigenvalue weighted by atomic mass is 9.70. The number of carbonyl (C=O) groups excluding carboxylic acids is 6. The number of hydrogen-bond acceptors (Lipinski definition) is 7. The Hall–Kier alpha value is -3.44. The van der Waals surface area contributed by atoms with Crippen LogP contribution in [0.3, 0.4) is 0 Å². The average Bonchev–Trinajstić information content (AvgIpc) is 3.72. The Morgan fingerprint density at radius 2 is 1.57 bits per heavy atom. The minimum absolute atomic E-state index is 0.0442. The molecule has 5 amide bonds. The van der Waals surface area contributed by atoms with Gasteiger partial charge in [0.15, 0.2) is 0 Å². The Balaban J connectivity index is 1.86. The Kier molecular flexibility index (Phi) is 13.9. The van der Waals surface area contributed by atoms with E-state index in [9.17, 15) is 28.8 Å². The monoisotopic (exact) mass is 687 g/mol. The zero-order valence-corrected chi connectivity index (χ0v) is 31.0. The summed E-state index contributed by atoms with van der Waals surface area (Å²) in [6.45, 7) is 18.9. The molecule has 3 aliphatic rings. The lowest BCUT2D eigenvalue weighted by Crippen LogP contribution is -2.62. The molecule has 3 rings (SSSR count). The van der Waals surface area contributed by atoms with E-state index in [0.29, 0.717) is 19.4 Å². The smallest absolute Gasteiger partial charge is 0.408 e. The molecule has 0 spiro atoms. The number of nitrogens with zero attached hydrogens (tertiary/aromatic N) is 1. The van der Waals surface area contributed by atoms with Crippen LogP contribution in [0.15, 0.2) is 12.7 Å². The first-order valence-corrected chi connectivity index (χ1v) is 18.2. The Morgan fingerprint density at radius 1 is 0.939 bits per heavy atom. The second-order valence-electron chi connectivity index (χ2n) is 16.3. The number of rotatable bonds is 15. The molecular formula is C37H61N5O7. The number of alkyl carbamates (subject to hydrolysis) is 1. The third-order valence-electron chi connectivity index (χ3n) is 10.2. The van der Waals surface area contributed by atoms with Gasteiger partial charge in [0.25, 0.3) is 5.91 Å². The van der Waals surface area contributed by atoms with Gasteiger partial charge in [-0.2, -0.15) is 0 Å². The second kappa shape index (κ2) is 17.0. The number of ether oxygens (including phenoxy) is 1. The summed E-state index contributed by atoms with van der Waals surface area (Å²) >= 11 is 0. The van der Waals surface area contributed by atoms with Crippen molar-refractivity contribution < 1.29 is 33.5 Å². The van der Waals surface area contributed by atoms with Crippen molar-refractivity contribution in [1.29, 1.82) is 0 Å². The zero-order valence-electron chi connectivity index (χ0n) is 31.0. The molecule has 0 aromatic carbocycles. The third-order valence-corrected chi connectivity index (χ3v) is 10.2. The first kappa shape index (κ1) is 40.0. The van der Waals surface area contributed by atoms with Crippen LogP contribution in [0, 0.1) is 29.1 Å². The molecule has 0 aromatic rings. The second-order valence-corrected chi connectivity index (χ2v) is 16.3. The number of ketones is 1. The van der Waals surface area contributed by atoms with Crippen molar-refractivity contribution >= 4 is 35.5 Å². The zero-order chi connectivity index (χ0) is 36.7. The number of nitrogens with one attached hydrogen (secondary N) is 4. The number of Topliss-reactive ketones (excluding diaryl/α,β-unsaturated/α-hetero) is 1. The van der Waals surface area contributed by atoms with Gasteiger partial charge in [0.2, 0.25) is 23.5 Å². The van der Waals surface area contributed by atoms with Gasteiger partial charge in [-0.15, -0.1) is 6.58 Å². The van der Waals surface area contributed by atoms with E-state index in [0.717, 1.165) is 44.9 Å². The van der Waals surface area contributed by atoms with E-state index in [1.165, 1.54) is 11.0 Å². The van der Waals surface area contributed by atoms with Crippen LogP contribution in [0.1, 0.15) is 113 Å². The topological polar surface area (TPSA) is 163 Å². The van der Waals surface area contributed by atoms with Gasteiger partial charge >= 0.3 is 6.09 Å². The number of likely N-dealkylation sites (tertiary alicyclic amines) is 1. The molecule has 276 valence electrons. The molecule has 1 unspecified atom stereocenters. The molecule has 49 heavy (non-hydrogen) atoms. The van der Waals surface area contributed by atoms with Crippen molar-refractivity contribution in [3.05, 3.63) is 12.7 Å². The number of amides is 5. The summed E-state index contributed by atoms with van der Waals surface area (Å²) in [5, 5.41) is 11.2. The molecule has 2 aliphatic carbocycles. The summed E-state index contributed by atoms with van der Waals surface area (Å²) in [5.41, 5.74) is -1.30. The third kappa shape index (κ3) is 11.0. The molecule has 12 nitrogen and oxygen atoms in total. The van der Waals surface area contributed by atoms with Crippen LogP contribution in [0.2, 0.25) is 0 Å². The highest BCUT2D eigenvalue weighted by atomic mass is 16.6. The van der Waals surface area contributed by atoms with Crippen LogP contribution in [-0.4, -0.2) is 83.3 Å². The van der Waals surface area contributed by atoms with Crippen molar-refractivity contribution in [2.75, 3.05) is 13.1 Å². The largest absolute Gasteiger partial charge is 0.444 e. The summed E-state index contributed by atoms with van der Waals surface area (Å²) in [7, 11) is 0. The van der Waals surface area contributed by atoms with Gasteiger partial charge in [-0.05, 0) is 75.5 Å². The van der Waals surface area contributed by atoms with Gasteiger partial charge < -0.3 is 30.9 Å². The van der Waals surface area contributed by atoms with E-state index in [1.54, 1.807) is 20.8 Å². The van der Waals surface area contributed by atoms with Gasteiger partial charge in [0, 0.05) is 13.1 Å². The average molecular weight is 688 g/mol. The lowest BCUT2D eigenvalue weighted by molar-refractivity contribution is -0.145. The normalized spacial score (nSPS) is 22.4. The highest BCUT2D eigenvalue weighted by molar-refractivity contribution is 6.38. The minimum atomic E-state index is -1.01. The molecule has 0 radical (unpaired) electrons. The van der Waals surface area contributed by atoms with Gasteiger partial charge in [-0.3, -0.25) is 24.0 Å². The molecule has 12 heteroatoms. The maximum absolute atomic E-state index is 14.4. The minimum Gasteiger partial charge on any atom is -0.444 e. The van der Waals surface area contributed by atoms with E-state index in [2.05, 4.69) is 27.8 Å². The maximum atomic E-state index is 14.4. The van der Waals surface area contributed by atoms with Gasteiger partial charge in [-0.25, -0.2) is 4.79 Å². The number of carbonyl (C=O) groups is 6. The fourth-order valence-electron chi connectivity index (χ4n) is 7.24. The highest BCUT2D eigenvalue weighted by Gasteiger charge is 2.48. The molecule has 5 atom stereocenters. The molecule has 1 saturated heterocycles. The molecule has 3 fully saturated rings. The predicted molar refractivity (Wildman–Crippen MR) is 187 cm³/mol. The molecule has 1 aliphatic heterocycles. The van der Waals surface area contributed by atoms with Crippen LogP contribution in [0.25, 0.3) is 0 Å². The molecule has 0 aromatic heterocycles. The Morgan fingerprint density at radius 3 is 2.10 bits per heavy atom. The molecule has 0 bridgehead atoms. The van der Waals surface area contributed by atoms with E-state index in [-0.39, 0.29) is 30.2 Å². The summed E-state index contributed by atoms with van der Waals surface area (Å²) in [4.78, 5) is 82.8. The first-order chi connectivity index (χ1) is 22.9. The van der Waals surface area contributed by atoms with Gasteiger partial charge in [-0.1, -0.05) is 72.8 Å². The summed E-state index contributed by atoms with van der Waals surface area (Å²) in [5.74, 6) is -3.08. The lowest BCUT2D eigenvalue weighted by Gasteiger charge is -2.41. The van der Waals surface area contributed by atoms with E-state index in [1.807, 2.05) is 34.6 Å². The highest BCUT2D eigenvalue weighted by Crippen LogP contribution is 2.39. The quantitative estimate of drug-likeness (QED) is 0.149. The molecule has 4 N–H and O–H groups in total. The van der Waals surface area contributed by atoms with Gasteiger partial charge in [0.05, 0.1) is 6.04 Å². The first-order valence-electron chi connectivity index (χ1n) is 18.2. The predicted octanol–water partition coefficient (Wildman–Crippen LogP) is 4.02. The van der Waals surface area contributed by atoms with Crippen molar-refractivity contribution in [3.8, 4) is 0 Å². The van der Waals surface area contributed by atoms with Crippen molar-refractivity contribution in [1.82, 2.24) is 26.2 Å². The summed E-state index contributed by atoms with van der Waals surface area (Å²) in [6, 6.07) is -3.80. The SMILES string of the molecule is C=CCNC(=O)C(=O)C(CC1CC1)NC(=O)[C@@H]1[C@@H](C(C)C)CCN1C(=O)[C@@H](NC(=O)[C@@H](NC(=O)OC(C)(C)C)C1(C)CCCCC1)C(C)C. The Bertz CT molecular complexity index is 1230. The fourth-order valence-corrected chi connectivity index (χ4v) is 7.24. The van der Waals surface area contributed by atoms with E-state index < -0.39 is 70.7 Å². The molecule has 2 saturated carbocycles. The van der Waals surface area contributed by atoms with Crippen LogP contribution < -0.4 is 21.3 Å². The van der Waals surface area contributed by atoms with Crippen molar-refractivity contribution in [3.63, 3.8) is 0 Å². The Labute approximate surface area is 292 Å². The van der Waals surface area contributed by atoms with Crippen molar-refractivity contribution in [2.24, 2.45) is 29.1 Å². The van der Waals surface area contributed by atoms with Crippen LogP contribution in [-0.2, 0) is 28.7 Å². The molecule has 1 heterocycles.